The lowest BCUT2D eigenvalue weighted by Gasteiger charge is -2.10. The number of benzene rings is 2. The quantitative estimate of drug-likeness (QED) is 0.526. The number of aryl methyl sites for hydroxylation is 1. The number of halogens is 2. The standard InChI is InChI=1S/C20H16F2N5/c1-3-26-18-7-5-14(23-2)11-17(18)25-20(26)12-15-8-9-24-27(15)19-10-13(21)4-6-16(19)22/h2,4-11H,3,12H2,1H3/q+1. The van der Waals surface area contributed by atoms with Gasteiger partial charge in [-0.2, -0.15) is 5.10 Å². The lowest BCUT2D eigenvalue weighted by atomic mass is 10.2. The molecule has 0 radical (unpaired) electrons. The van der Waals surface area contributed by atoms with Gasteiger partial charge >= 0.3 is 5.69 Å². The van der Waals surface area contributed by atoms with Crippen LogP contribution < -0.4 is 0 Å². The van der Waals surface area contributed by atoms with Crippen molar-refractivity contribution in [3.8, 4) is 12.3 Å². The molecule has 0 unspecified atom stereocenters. The van der Waals surface area contributed by atoms with Gasteiger partial charge in [-0.3, -0.25) is 0 Å². The van der Waals surface area contributed by atoms with Crippen LogP contribution in [0.2, 0.25) is 0 Å². The van der Waals surface area contributed by atoms with Gasteiger partial charge in [0.15, 0.2) is 0 Å². The molecule has 0 aliphatic rings. The van der Waals surface area contributed by atoms with Crippen LogP contribution in [0.15, 0.2) is 48.7 Å². The summed E-state index contributed by atoms with van der Waals surface area (Å²) in [5, 5.41) is 4.16. The molecule has 0 fully saturated rings. The van der Waals surface area contributed by atoms with Gasteiger partial charge in [0.1, 0.15) is 23.1 Å². The first-order chi connectivity index (χ1) is 13.1. The molecule has 0 saturated heterocycles. The van der Waals surface area contributed by atoms with Crippen LogP contribution in [0.4, 0.5) is 14.5 Å². The average Bonchev–Trinajstić information content (AvgIpc) is 3.27. The third-order valence-corrected chi connectivity index (χ3v) is 4.47. The zero-order valence-corrected chi connectivity index (χ0v) is 14.6. The molecule has 2 aromatic carbocycles. The minimum atomic E-state index is -0.542. The van der Waals surface area contributed by atoms with Crippen molar-refractivity contribution in [2.45, 2.75) is 19.9 Å². The molecule has 0 bridgehead atoms. The maximum absolute atomic E-state index is 14.2. The second-order valence-electron chi connectivity index (χ2n) is 6.08. The van der Waals surface area contributed by atoms with Crippen LogP contribution in [0.25, 0.3) is 21.6 Å². The van der Waals surface area contributed by atoms with Crippen molar-refractivity contribution in [1.29, 1.82) is 0 Å². The Labute approximate surface area is 154 Å². The first-order valence-corrected chi connectivity index (χ1v) is 8.49. The van der Waals surface area contributed by atoms with Crippen molar-refractivity contribution in [3.63, 3.8) is 0 Å². The summed E-state index contributed by atoms with van der Waals surface area (Å²) >= 11 is 0. The van der Waals surface area contributed by atoms with E-state index in [1.54, 1.807) is 12.3 Å². The van der Waals surface area contributed by atoms with Gasteiger partial charge in [0, 0.05) is 31.3 Å². The number of hydrogen-bond acceptors (Lipinski definition) is 2. The highest BCUT2D eigenvalue weighted by molar-refractivity contribution is 5.80. The Morgan fingerprint density at radius 3 is 2.74 bits per heavy atom. The number of fused-ring (bicyclic) bond motifs is 1. The van der Waals surface area contributed by atoms with Gasteiger partial charge < -0.3 is 4.57 Å². The largest absolute Gasteiger partial charge is 0.342 e. The normalized spacial score (nSPS) is 11.0. The SMILES string of the molecule is C#[N+]c1ccc2c(c1)nc(Cc1ccnn1-c1cc(F)ccc1F)n2CC. The molecule has 0 aliphatic carbocycles. The van der Waals surface area contributed by atoms with Crippen LogP contribution >= 0.6 is 0 Å². The number of hydrogen-bond donors (Lipinski definition) is 0. The Kier molecular flexibility index (Phi) is 4.16. The summed E-state index contributed by atoms with van der Waals surface area (Å²) in [5.41, 5.74) is 3.15. The van der Waals surface area contributed by atoms with Gasteiger partial charge in [-0.05, 0) is 36.0 Å². The van der Waals surface area contributed by atoms with E-state index in [-0.39, 0.29) is 5.69 Å². The smallest absolute Gasteiger partial charge is 0.328 e. The molecular formula is C20H16F2N5+. The summed E-state index contributed by atoms with van der Waals surface area (Å²) < 4.78 is 31.2. The van der Waals surface area contributed by atoms with E-state index in [2.05, 4.69) is 19.5 Å². The van der Waals surface area contributed by atoms with Crippen LogP contribution in [0.5, 0.6) is 0 Å². The number of rotatable bonds is 4. The van der Waals surface area contributed by atoms with E-state index in [1.165, 1.54) is 4.68 Å². The minimum Gasteiger partial charge on any atom is -0.328 e. The molecule has 0 saturated carbocycles. The minimum absolute atomic E-state index is 0.0679. The monoisotopic (exact) mass is 364 g/mol. The van der Waals surface area contributed by atoms with Gasteiger partial charge in [0.2, 0.25) is 0 Å². The van der Waals surface area contributed by atoms with E-state index in [4.69, 9.17) is 6.57 Å². The zero-order chi connectivity index (χ0) is 19.0. The van der Waals surface area contributed by atoms with Crippen molar-refractivity contribution in [1.82, 2.24) is 19.3 Å². The average molecular weight is 364 g/mol. The summed E-state index contributed by atoms with van der Waals surface area (Å²) in [6.07, 6.45) is 1.97. The van der Waals surface area contributed by atoms with E-state index in [0.29, 0.717) is 24.3 Å². The Balaban J connectivity index is 1.79. The van der Waals surface area contributed by atoms with Gasteiger partial charge in [0.25, 0.3) is 6.57 Å². The van der Waals surface area contributed by atoms with Gasteiger partial charge in [-0.1, -0.05) is 0 Å². The summed E-state index contributed by atoms with van der Waals surface area (Å²) in [5.74, 6) is -0.272. The highest BCUT2D eigenvalue weighted by Gasteiger charge is 2.17. The topological polar surface area (TPSA) is 40.0 Å². The van der Waals surface area contributed by atoms with Gasteiger partial charge in [-0.15, -0.1) is 0 Å². The van der Waals surface area contributed by atoms with E-state index in [0.717, 1.165) is 35.1 Å². The number of nitrogens with zero attached hydrogens (tertiary/aromatic N) is 5. The molecule has 4 aromatic rings. The molecule has 2 aromatic heterocycles. The lowest BCUT2D eigenvalue weighted by molar-refractivity contribution is 0.583. The van der Waals surface area contributed by atoms with E-state index in [9.17, 15) is 8.78 Å². The first-order valence-electron chi connectivity index (χ1n) is 8.49. The summed E-state index contributed by atoms with van der Waals surface area (Å²) in [7, 11) is 0. The van der Waals surface area contributed by atoms with Crippen LogP contribution in [-0.2, 0) is 13.0 Å². The Morgan fingerprint density at radius 2 is 1.96 bits per heavy atom. The van der Waals surface area contributed by atoms with E-state index >= 15 is 0 Å². The van der Waals surface area contributed by atoms with Crippen molar-refractivity contribution < 1.29 is 8.78 Å². The second kappa shape index (κ2) is 6.65. The third-order valence-electron chi connectivity index (χ3n) is 4.47. The van der Waals surface area contributed by atoms with Crippen molar-refractivity contribution in [2.75, 3.05) is 0 Å². The molecule has 0 spiro atoms. The maximum atomic E-state index is 14.2. The van der Waals surface area contributed by atoms with E-state index in [1.807, 2.05) is 25.1 Å². The summed E-state index contributed by atoms with van der Waals surface area (Å²) in [4.78, 5) is 8.37. The molecule has 4 rings (SSSR count). The predicted molar refractivity (Wildman–Crippen MR) is 99.7 cm³/mol. The summed E-state index contributed by atoms with van der Waals surface area (Å²) in [6, 6.07) is 10.6. The van der Waals surface area contributed by atoms with Crippen LogP contribution in [-0.4, -0.2) is 19.3 Å². The van der Waals surface area contributed by atoms with Gasteiger partial charge in [-0.25, -0.2) is 18.4 Å². The van der Waals surface area contributed by atoms with Crippen molar-refractivity contribution in [2.24, 2.45) is 0 Å². The molecule has 0 atom stereocenters. The molecule has 134 valence electrons. The molecule has 0 amide bonds. The van der Waals surface area contributed by atoms with Crippen LogP contribution in [0.1, 0.15) is 18.4 Å². The van der Waals surface area contributed by atoms with Crippen molar-refractivity contribution in [3.05, 3.63) is 76.7 Å². The molecule has 7 heteroatoms. The number of aromatic nitrogens is 4. The predicted octanol–water partition coefficient (Wildman–Crippen LogP) is 4.71. The molecular weight excluding hydrogens is 348 g/mol. The molecule has 0 N–H and O–H groups in total. The molecule has 5 nitrogen and oxygen atoms in total. The number of imidazole rings is 1. The lowest BCUT2D eigenvalue weighted by Crippen LogP contribution is -2.09. The van der Waals surface area contributed by atoms with Crippen LogP contribution in [0, 0.1) is 18.2 Å². The highest BCUT2D eigenvalue weighted by atomic mass is 19.1. The highest BCUT2D eigenvalue weighted by Crippen LogP contribution is 2.24. The Morgan fingerprint density at radius 1 is 1.11 bits per heavy atom. The zero-order valence-electron chi connectivity index (χ0n) is 14.6. The summed E-state index contributed by atoms with van der Waals surface area (Å²) in [6.45, 7) is 8.09. The molecule has 0 aliphatic heterocycles. The fourth-order valence-corrected chi connectivity index (χ4v) is 3.23. The Bertz CT molecular complexity index is 1180. The fourth-order valence-electron chi connectivity index (χ4n) is 3.23. The maximum Gasteiger partial charge on any atom is 0.342 e. The third kappa shape index (κ3) is 2.95. The fraction of sp³-hybridized carbons (Fsp3) is 0.150. The second-order valence-corrected chi connectivity index (χ2v) is 6.08. The van der Waals surface area contributed by atoms with Crippen molar-refractivity contribution >= 4 is 16.7 Å². The Hall–Kier alpha value is -3.53. The van der Waals surface area contributed by atoms with Crippen LogP contribution in [0.3, 0.4) is 0 Å². The molecule has 27 heavy (non-hydrogen) atoms. The van der Waals surface area contributed by atoms with E-state index < -0.39 is 11.6 Å². The van der Waals surface area contributed by atoms with Gasteiger partial charge in [0.05, 0.1) is 22.8 Å². The molecule has 2 heterocycles. The first kappa shape index (κ1) is 16.9.